The predicted octanol–water partition coefficient (Wildman–Crippen LogP) is 15.5. The lowest BCUT2D eigenvalue weighted by molar-refractivity contribution is 1.12. The van der Waals surface area contributed by atoms with Gasteiger partial charge in [0.25, 0.3) is 0 Å². The second-order valence-corrected chi connectivity index (χ2v) is 17.5. The van der Waals surface area contributed by atoms with Crippen molar-refractivity contribution in [1.29, 1.82) is 10.5 Å². The number of hydrogen-bond donors (Lipinski definition) is 0. The molecule has 0 saturated heterocycles. The molecule has 10 aromatic carbocycles. The zero-order chi connectivity index (χ0) is 45.0. The number of para-hydroxylation sites is 8. The van der Waals surface area contributed by atoms with Crippen molar-refractivity contribution < 1.29 is 0 Å². The summed E-state index contributed by atoms with van der Waals surface area (Å²) in [7, 11) is 0. The summed E-state index contributed by atoms with van der Waals surface area (Å²) < 4.78 is 9.09. The number of hydrogen-bond acceptors (Lipinski definition) is 2. The van der Waals surface area contributed by atoms with Crippen molar-refractivity contribution in [1.82, 2.24) is 18.3 Å². The summed E-state index contributed by atoms with van der Waals surface area (Å²) >= 11 is 0. The topological polar surface area (TPSA) is 67.3 Å². The summed E-state index contributed by atoms with van der Waals surface area (Å²) in [6, 6.07) is 81.8. The van der Waals surface area contributed by atoms with Gasteiger partial charge in [0.2, 0.25) is 0 Å². The summed E-state index contributed by atoms with van der Waals surface area (Å²) in [4.78, 5) is 0. The Kier molecular flexibility index (Phi) is 8.01. The molecule has 0 spiro atoms. The van der Waals surface area contributed by atoms with E-state index in [1.54, 1.807) is 0 Å². The van der Waals surface area contributed by atoms with Crippen LogP contribution in [0.3, 0.4) is 0 Å². The molecule has 314 valence electrons. The van der Waals surface area contributed by atoms with Crippen molar-refractivity contribution in [3.8, 4) is 46.0 Å². The second-order valence-electron chi connectivity index (χ2n) is 17.5. The van der Waals surface area contributed by atoms with E-state index in [9.17, 15) is 10.5 Å². The molecule has 4 heterocycles. The standard InChI is InChI=1S/C62H36N6/c63-37-51-49(33-39(65-53-25-9-1-17-41(53)42-18-2-10-26-54(42)65)35-61(51)67-57-29-13-5-21-45(57)46-22-6-14-30-58(46)67)50-34-40(66-55-27-11-3-19-43(55)44-20-4-12-28-56(44)66)36-62(52(50)38-64)68-59-31-15-7-23-47(59)48-24-8-16-32-60(48)68/h1-36H. The van der Waals surface area contributed by atoms with Crippen molar-refractivity contribution in [2.24, 2.45) is 0 Å². The van der Waals surface area contributed by atoms with E-state index < -0.39 is 0 Å². The average Bonchev–Trinajstić information content (AvgIpc) is 4.13. The maximum atomic E-state index is 11.8. The number of rotatable bonds is 5. The fraction of sp³-hybridized carbons (Fsp3) is 0. The third kappa shape index (κ3) is 5.20. The average molecular weight is 865 g/mol. The van der Waals surface area contributed by atoms with Gasteiger partial charge in [-0.3, -0.25) is 0 Å². The molecule has 0 amide bonds. The minimum atomic E-state index is 0.463. The molecule has 0 radical (unpaired) electrons. The summed E-state index contributed by atoms with van der Waals surface area (Å²) in [6.45, 7) is 0. The molecule has 0 unspecified atom stereocenters. The van der Waals surface area contributed by atoms with Crippen molar-refractivity contribution in [2.45, 2.75) is 0 Å². The first-order valence-corrected chi connectivity index (χ1v) is 22.8. The molecule has 4 aromatic heterocycles. The van der Waals surface area contributed by atoms with Crippen molar-refractivity contribution in [3.63, 3.8) is 0 Å². The fourth-order valence-electron chi connectivity index (χ4n) is 11.3. The monoisotopic (exact) mass is 864 g/mol. The van der Waals surface area contributed by atoms with Crippen LogP contribution in [0, 0.1) is 22.7 Å². The largest absolute Gasteiger partial charge is 0.309 e. The molecule has 0 saturated carbocycles. The van der Waals surface area contributed by atoms with E-state index in [-0.39, 0.29) is 0 Å². The highest BCUT2D eigenvalue weighted by Gasteiger charge is 2.27. The van der Waals surface area contributed by atoms with Gasteiger partial charge in [0.05, 0.1) is 66.6 Å². The van der Waals surface area contributed by atoms with Crippen LogP contribution in [0.1, 0.15) is 11.1 Å². The Bertz CT molecular complexity index is 4030. The van der Waals surface area contributed by atoms with E-state index in [1.165, 1.54) is 0 Å². The molecule has 0 aliphatic rings. The summed E-state index contributed by atoms with van der Waals surface area (Å²) in [5.74, 6) is 0. The zero-order valence-corrected chi connectivity index (χ0v) is 36.5. The molecule has 14 aromatic rings. The fourth-order valence-corrected chi connectivity index (χ4v) is 11.3. The van der Waals surface area contributed by atoms with Crippen LogP contribution in [-0.4, -0.2) is 18.3 Å². The van der Waals surface area contributed by atoms with E-state index in [1.807, 2.05) is 0 Å². The first-order chi connectivity index (χ1) is 33.7. The maximum absolute atomic E-state index is 11.8. The van der Waals surface area contributed by atoms with Crippen LogP contribution >= 0.6 is 0 Å². The second kappa shape index (κ2) is 14.4. The van der Waals surface area contributed by atoms with Gasteiger partial charge >= 0.3 is 0 Å². The van der Waals surface area contributed by atoms with Crippen LogP contribution in [0.15, 0.2) is 218 Å². The first-order valence-electron chi connectivity index (χ1n) is 22.8. The minimum absolute atomic E-state index is 0.463. The van der Waals surface area contributed by atoms with E-state index in [2.05, 4.69) is 249 Å². The van der Waals surface area contributed by atoms with Crippen LogP contribution in [0.25, 0.3) is 121 Å². The van der Waals surface area contributed by atoms with Crippen LogP contribution in [0.2, 0.25) is 0 Å². The molecule has 0 aliphatic carbocycles. The van der Waals surface area contributed by atoms with Crippen LogP contribution < -0.4 is 0 Å². The lowest BCUT2D eigenvalue weighted by Crippen LogP contribution is -2.07. The van der Waals surface area contributed by atoms with Gasteiger partial charge in [-0.25, -0.2) is 0 Å². The molecule has 14 rings (SSSR count). The number of nitriles is 2. The SMILES string of the molecule is N#Cc1c(-c2cc(-n3c4ccccc4c4ccccc43)cc(-n3c4ccccc4c4ccccc43)c2C#N)cc(-n2c3ccccc3c3ccccc32)cc1-n1c2ccccc2c2ccccc21. The van der Waals surface area contributed by atoms with Gasteiger partial charge in [-0.1, -0.05) is 146 Å². The smallest absolute Gasteiger partial charge is 0.102 e. The minimum Gasteiger partial charge on any atom is -0.309 e. The van der Waals surface area contributed by atoms with Crippen LogP contribution in [-0.2, 0) is 0 Å². The quantitative estimate of drug-likeness (QED) is 0.173. The Labute approximate surface area is 389 Å². The molecule has 6 nitrogen and oxygen atoms in total. The summed E-state index contributed by atoms with van der Waals surface area (Å²) in [6.07, 6.45) is 0. The lowest BCUT2D eigenvalue weighted by Gasteiger charge is -2.21. The highest BCUT2D eigenvalue weighted by atomic mass is 15.0. The Morgan fingerprint density at radius 1 is 0.250 bits per heavy atom. The molecule has 0 aliphatic heterocycles. The number of fused-ring (bicyclic) bond motifs is 12. The molecule has 68 heavy (non-hydrogen) atoms. The Morgan fingerprint density at radius 3 is 0.676 bits per heavy atom. The lowest BCUT2D eigenvalue weighted by atomic mass is 9.92. The third-order valence-electron chi connectivity index (χ3n) is 14.0. The van der Waals surface area contributed by atoms with Gasteiger partial charge in [0, 0.05) is 65.6 Å². The van der Waals surface area contributed by atoms with E-state index in [0.29, 0.717) is 22.3 Å². The third-order valence-corrected chi connectivity index (χ3v) is 14.0. The van der Waals surface area contributed by atoms with Gasteiger partial charge < -0.3 is 18.3 Å². The molecule has 6 heteroatoms. The van der Waals surface area contributed by atoms with Crippen LogP contribution in [0.5, 0.6) is 0 Å². The van der Waals surface area contributed by atoms with Gasteiger partial charge in [-0.15, -0.1) is 0 Å². The maximum Gasteiger partial charge on any atom is 0.102 e. The molecular weight excluding hydrogens is 829 g/mol. The van der Waals surface area contributed by atoms with E-state index in [0.717, 1.165) is 110 Å². The highest BCUT2D eigenvalue weighted by Crippen LogP contribution is 2.44. The van der Waals surface area contributed by atoms with Crippen molar-refractivity contribution in [3.05, 3.63) is 230 Å². The Morgan fingerprint density at radius 2 is 0.456 bits per heavy atom. The van der Waals surface area contributed by atoms with Gasteiger partial charge in [-0.05, 0) is 72.8 Å². The first kappa shape index (κ1) is 37.7. The molecule has 0 N–H and O–H groups in total. The number of nitrogens with zero attached hydrogens (tertiary/aromatic N) is 6. The zero-order valence-electron chi connectivity index (χ0n) is 36.5. The van der Waals surface area contributed by atoms with Crippen LogP contribution in [0.4, 0.5) is 0 Å². The molecular formula is C62H36N6. The van der Waals surface area contributed by atoms with Crippen molar-refractivity contribution >= 4 is 87.2 Å². The normalized spacial score (nSPS) is 11.8. The molecule has 0 bridgehead atoms. The van der Waals surface area contributed by atoms with Crippen molar-refractivity contribution in [2.75, 3.05) is 0 Å². The van der Waals surface area contributed by atoms with Gasteiger partial charge in [-0.2, -0.15) is 10.5 Å². The summed E-state index contributed by atoms with van der Waals surface area (Å²) in [5, 5.41) is 32.6. The molecule has 0 fully saturated rings. The predicted molar refractivity (Wildman–Crippen MR) is 279 cm³/mol. The number of benzene rings is 10. The Hall–Kier alpha value is -9.62. The van der Waals surface area contributed by atoms with Gasteiger partial charge in [0.1, 0.15) is 12.1 Å². The molecule has 0 atom stereocenters. The number of aromatic nitrogens is 4. The summed E-state index contributed by atoms with van der Waals surface area (Å²) in [5.41, 5.74) is 13.6. The Balaban J connectivity index is 1.19. The van der Waals surface area contributed by atoms with Gasteiger partial charge in [0.15, 0.2) is 0 Å². The highest BCUT2D eigenvalue weighted by molar-refractivity contribution is 6.13. The van der Waals surface area contributed by atoms with E-state index >= 15 is 0 Å². The van der Waals surface area contributed by atoms with E-state index in [4.69, 9.17) is 0 Å².